The van der Waals surface area contributed by atoms with Crippen LogP contribution in [0.4, 0.5) is 17.1 Å². The summed E-state index contributed by atoms with van der Waals surface area (Å²) in [7, 11) is 0. The zero-order valence-electron chi connectivity index (χ0n) is 39.4. The smallest absolute Gasteiger partial charge is 0.131 e. The van der Waals surface area contributed by atoms with Crippen LogP contribution in [0.1, 0.15) is 37.2 Å². The first-order valence-corrected chi connectivity index (χ1v) is 25.2. The lowest BCUT2D eigenvalue weighted by Gasteiger charge is -2.28. The predicted octanol–water partition coefficient (Wildman–Crippen LogP) is 18.6. The molecule has 12 aromatic rings. The molecule has 11 aromatic carbocycles. The van der Waals surface area contributed by atoms with Crippen molar-refractivity contribution in [1.29, 1.82) is 0 Å². The van der Waals surface area contributed by atoms with Crippen LogP contribution in [0.25, 0.3) is 93.5 Å². The van der Waals surface area contributed by atoms with Gasteiger partial charge in [0.25, 0.3) is 0 Å². The molecule has 2 atom stereocenters. The summed E-state index contributed by atoms with van der Waals surface area (Å²) in [6.45, 7) is 0. The fourth-order valence-corrected chi connectivity index (χ4v) is 12.0. The van der Waals surface area contributed by atoms with E-state index in [1.165, 1.54) is 102 Å². The van der Waals surface area contributed by atoms with Gasteiger partial charge in [0, 0.05) is 50.3 Å². The van der Waals surface area contributed by atoms with E-state index in [9.17, 15) is 0 Å². The second-order valence-electron chi connectivity index (χ2n) is 19.4. The third-order valence-electron chi connectivity index (χ3n) is 15.4. The summed E-state index contributed by atoms with van der Waals surface area (Å²) in [4.78, 5) is 2.43. The number of nitrogens with zero attached hydrogens (tertiary/aromatic N) is 2. The average Bonchev–Trinajstić information content (AvgIpc) is 4.00. The minimum atomic E-state index is 0.296. The van der Waals surface area contributed by atoms with Crippen molar-refractivity contribution in [2.24, 2.45) is 0 Å². The SMILES string of the molecule is c1cc(-c2ccc3c(ccc4ccccc43)c2)cc(N(c2ccc(-c3cccc4c3OC3CCCC[C@H]43)cc2)c2ccccc2-c2ccc(-c3ccccc3-n3c4ccccc4c4ccccc43)cc2)c1. The zero-order valence-corrected chi connectivity index (χ0v) is 39.4. The van der Waals surface area contributed by atoms with E-state index in [0.29, 0.717) is 12.0 Å². The van der Waals surface area contributed by atoms with Crippen LogP contribution in [0.2, 0.25) is 0 Å². The Kier molecular flexibility index (Phi) is 9.94. The molecule has 71 heavy (non-hydrogen) atoms. The molecule has 3 heteroatoms. The van der Waals surface area contributed by atoms with E-state index in [4.69, 9.17) is 4.74 Å². The maximum Gasteiger partial charge on any atom is 0.131 e. The number of fused-ring (bicyclic) bond motifs is 9. The maximum absolute atomic E-state index is 6.76. The van der Waals surface area contributed by atoms with E-state index >= 15 is 0 Å². The van der Waals surface area contributed by atoms with Gasteiger partial charge in [-0.3, -0.25) is 0 Å². The van der Waals surface area contributed by atoms with Gasteiger partial charge in [0.2, 0.25) is 0 Å². The monoisotopic (exact) mass is 910 g/mol. The van der Waals surface area contributed by atoms with E-state index in [0.717, 1.165) is 46.0 Å². The first-order valence-electron chi connectivity index (χ1n) is 25.2. The second kappa shape index (κ2) is 17.1. The maximum atomic E-state index is 6.76. The van der Waals surface area contributed by atoms with Crippen LogP contribution in [0.15, 0.2) is 243 Å². The molecule has 0 radical (unpaired) electrons. The molecule has 0 amide bonds. The van der Waals surface area contributed by atoms with E-state index < -0.39 is 0 Å². The molecule has 0 N–H and O–H groups in total. The summed E-state index contributed by atoms with van der Waals surface area (Å²) < 4.78 is 9.19. The second-order valence-corrected chi connectivity index (χ2v) is 19.4. The Bertz CT molecular complexity index is 3940. The van der Waals surface area contributed by atoms with Crippen LogP contribution in [0, 0.1) is 0 Å². The van der Waals surface area contributed by atoms with Gasteiger partial charge in [0.1, 0.15) is 11.9 Å². The highest BCUT2D eigenvalue weighted by Crippen LogP contribution is 2.50. The van der Waals surface area contributed by atoms with E-state index in [2.05, 4.69) is 252 Å². The number of hydrogen-bond acceptors (Lipinski definition) is 2. The first-order chi connectivity index (χ1) is 35.2. The molecule has 14 rings (SSSR count). The lowest BCUT2D eigenvalue weighted by atomic mass is 9.83. The summed E-state index contributed by atoms with van der Waals surface area (Å²) >= 11 is 0. The molecule has 1 aliphatic carbocycles. The molecular weight excluding hydrogens is 861 g/mol. The van der Waals surface area contributed by atoms with Gasteiger partial charge in [-0.05, 0) is 123 Å². The van der Waals surface area contributed by atoms with Crippen molar-refractivity contribution in [3.8, 4) is 55.9 Å². The van der Waals surface area contributed by atoms with Crippen LogP contribution in [-0.2, 0) is 0 Å². The molecule has 3 nitrogen and oxygen atoms in total. The standard InChI is InChI=1S/C68H50N2O/c1-2-18-54-45(15-1)35-36-51-43-50(39-42-55(51)54)49-16-13-17-53(44-49)69(52-40-37-48(38-41-52)58-24-14-25-62-61-23-7-12-30-67(61)71-68(58)62)63-26-8-3-19-56(63)46-31-33-47(34-32-46)57-20-4-9-27-64(57)70-65-28-10-5-21-59(65)60-22-6-11-29-66(60)70/h1-6,8-11,13-22,24-29,31-44,61,67H,7,12,23,30H2/t61-,67?/m1/s1. The number of hydrogen-bond donors (Lipinski definition) is 0. The van der Waals surface area contributed by atoms with Gasteiger partial charge in [0.15, 0.2) is 0 Å². The zero-order chi connectivity index (χ0) is 46.8. The van der Waals surface area contributed by atoms with Gasteiger partial charge in [-0.1, -0.05) is 194 Å². The summed E-state index contributed by atoms with van der Waals surface area (Å²) in [5, 5.41) is 7.57. The van der Waals surface area contributed by atoms with Gasteiger partial charge in [-0.25, -0.2) is 0 Å². The van der Waals surface area contributed by atoms with Gasteiger partial charge >= 0.3 is 0 Å². The quantitative estimate of drug-likeness (QED) is 0.141. The van der Waals surface area contributed by atoms with Crippen molar-refractivity contribution in [3.63, 3.8) is 0 Å². The number of ether oxygens (including phenoxy) is 1. The number of rotatable bonds is 8. The molecule has 1 unspecified atom stereocenters. The average molecular weight is 911 g/mol. The van der Waals surface area contributed by atoms with Crippen molar-refractivity contribution < 1.29 is 4.74 Å². The lowest BCUT2D eigenvalue weighted by molar-refractivity contribution is 0.164. The van der Waals surface area contributed by atoms with E-state index in [1.807, 2.05) is 0 Å². The van der Waals surface area contributed by atoms with Crippen molar-refractivity contribution in [1.82, 2.24) is 4.57 Å². The van der Waals surface area contributed by atoms with Crippen molar-refractivity contribution in [3.05, 3.63) is 248 Å². The van der Waals surface area contributed by atoms with Crippen molar-refractivity contribution in [2.75, 3.05) is 4.90 Å². The fraction of sp³-hybridized carbons (Fsp3) is 0.0882. The molecule has 2 heterocycles. The van der Waals surface area contributed by atoms with Gasteiger partial charge < -0.3 is 14.2 Å². The van der Waals surface area contributed by atoms with E-state index in [-0.39, 0.29) is 0 Å². The highest BCUT2D eigenvalue weighted by molar-refractivity contribution is 6.10. The Labute approximate surface area is 414 Å². The molecule has 2 aliphatic rings. The van der Waals surface area contributed by atoms with Crippen LogP contribution in [0.5, 0.6) is 5.75 Å². The van der Waals surface area contributed by atoms with Crippen LogP contribution >= 0.6 is 0 Å². The molecule has 1 aliphatic heterocycles. The Balaban J connectivity index is 0.873. The molecule has 0 saturated heterocycles. The Morgan fingerprint density at radius 3 is 1.77 bits per heavy atom. The predicted molar refractivity (Wildman–Crippen MR) is 298 cm³/mol. The van der Waals surface area contributed by atoms with Gasteiger partial charge in [-0.15, -0.1) is 0 Å². The summed E-state index contributed by atoms with van der Waals surface area (Å²) in [5.74, 6) is 1.58. The molecule has 1 saturated carbocycles. The molecule has 0 spiro atoms. The van der Waals surface area contributed by atoms with Crippen LogP contribution in [0.3, 0.4) is 0 Å². The first kappa shape index (κ1) is 41.3. The minimum absolute atomic E-state index is 0.296. The van der Waals surface area contributed by atoms with Crippen LogP contribution < -0.4 is 9.64 Å². The molecular formula is C68H50N2O. The summed E-state index contributed by atoms with van der Waals surface area (Å²) in [5.41, 5.74) is 17.6. The Hall–Kier alpha value is -8.66. The lowest BCUT2D eigenvalue weighted by Crippen LogP contribution is -2.22. The largest absolute Gasteiger partial charge is 0.489 e. The summed E-state index contributed by atoms with van der Waals surface area (Å²) in [6, 6.07) is 89.3. The Morgan fingerprint density at radius 1 is 0.380 bits per heavy atom. The van der Waals surface area contributed by atoms with Crippen molar-refractivity contribution in [2.45, 2.75) is 37.7 Å². The van der Waals surface area contributed by atoms with Gasteiger partial charge in [-0.2, -0.15) is 0 Å². The number of para-hydroxylation sites is 5. The normalized spacial score (nSPS) is 15.2. The van der Waals surface area contributed by atoms with E-state index in [1.54, 1.807) is 0 Å². The van der Waals surface area contributed by atoms with Crippen LogP contribution in [-0.4, -0.2) is 10.7 Å². The minimum Gasteiger partial charge on any atom is -0.489 e. The fourth-order valence-electron chi connectivity index (χ4n) is 12.0. The topological polar surface area (TPSA) is 17.4 Å². The molecule has 0 bridgehead atoms. The number of aromatic nitrogens is 1. The molecule has 1 fully saturated rings. The third kappa shape index (κ3) is 7.03. The number of anilines is 3. The highest BCUT2D eigenvalue weighted by atomic mass is 16.5. The molecule has 338 valence electrons. The highest BCUT2D eigenvalue weighted by Gasteiger charge is 2.37. The summed E-state index contributed by atoms with van der Waals surface area (Å²) in [6.07, 6.45) is 5.17. The van der Waals surface area contributed by atoms with Crippen molar-refractivity contribution >= 4 is 60.4 Å². The van der Waals surface area contributed by atoms with Gasteiger partial charge in [0.05, 0.1) is 22.4 Å². The number of benzene rings is 11. The third-order valence-corrected chi connectivity index (χ3v) is 15.4. The molecule has 1 aromatic heterocycles. The Morgan fingerprint density at radius 2 is 0.958 bits per heavy atom.